The predicted molar refractivity (Wildman–Crippen MR) is 109 cm³/mol. The number of carbonyl (C=O) groups excluding carboxylic acids is 1. The molecule has 0 saturated carbocycles. The highest BCUT2D eigenvalue weighted by Crippen LogP contribution is 2.34. The van der Waals surface area contributed by atoms with E-state index >= 15 is 0 Å². The van der Waals surface area contributed by atoms with E-state index in [1.54, 1.807) is 11.8 Å². The molecule has 0 aliphatic rings. The molecule has 0 aromatic heterocycles. The number of halogens is 2. The van der Waals surface area contributed by atoms with Crippen molar-refractivity contribution in [3.63, 3.8) is 0 Å². The molecule has 3 rings (SSSR count). The van der Waals surface area contributed by atoms with Crippen LogP contribution >= 0.6 is 35.0 Å². The Labute approximate surface area is 166 Å². The van der Waals surface area contributed by atoms with Gasteiger partial charge in [-0.2, -0.15) is 0 Å². The molecular formula is C20H16Cl2N2OS. The summed E-state index contributed by atoms with van der Waals surface area (Å²) in [5.41, 5.74) is 1.61. The minimum absolute atomic E-state index is 0.279. The summed E-state index contributed by atoms with van der Waals surface area (Å²) in [5, 5.41) is 6.96. The van der Waals surface area contributed by atoms with Crippen LogP contribution in [0.3, 0.4) is 0 Å². The van der Waals surface area contributed by atoms with Gasteiger partial charge in [-0.3, -0.25) is 0 Å². The third kappa shape index (κ3) is 5.18. The molecule has 2 N–H and O–H groups in total. The van der Waals surface area contributed by atoms with E-state index in [0.717, 1.165) is 21.0 Å². The molecule has 6 heteroatoms. The Balaban J connectivity index is 1.69. The number of urea groups is 1. The highest BCUT2D eigenvalue weighted by molar-refractivity contribution is 7.99. The van der Waals surface area contributed by atoms with E-state index in [4.69, 9.17) is 23.2 Å². The first-order chi connectivity index (χ1) is 12.6. The van der Waals surface area contributed by atoms with Gasteiger partial charge >= 0.3 is 6.03 Å². The van der Waals surface area contributed by atoms with Crippen LogP contribution in [0.4, 0.5) is 10.5 Å². The number of hydrogen-bond acceptors (Lipinski definition) is 2. The quantitative estimate of drug-likeness (QED) is 0.513. The van der Waals surface area contributed by atoms with Crippen LogP contribution in [-0.4, -0.2) is 6.03 Å². The zero-order chi connectivity index (χ0) is 18.4. The molecule has 0 saturated heterocycles. The van der Waals surface area contributed by atoms with E-state index in [1.165, 1.54) is 0 Å². The minimum Gasteiger partial charge on any atom is -0.334 e. The second-order valence-electron chi connectivity index (χ2n) is 5.45. The number of carbonyl (C=O) groups is 1. The lowest BCUT2D eigenvalue weighted by Crippen LogP contribution is -2.28. The molecule has 0 aliphatic heterocycles. The fraction of sp³-hybridized carbons (Fsp3) is 0.0500. The topological polar surface area (TPSA) is 41.1 Å². The minimum atomic E-state index is -0.279. The third-order valence-electron chi connectivity index (χ3n) is 3.57. The second kappa shape index (κ2) is 8.99. The summed E-state index contributed by atoms with van der Waals surface area (Å²) in [5.74, 6) is 0. The first-order valence-electron chi connectivity index (χ1n) is 7.92. The van der Waals surface area contributed by atoms with Crippen molar-refractivity contribution in [2.45, 2.75) is 16.3 Å². The fourth-order valence-electron chi connectivity index (χ4n) is 2.30. The zero-order valence-corrected chi connectivity index (χ0v) is 16.0. The van der Waals surface area contributed by atoms with Crippen LogP contribution in [-0.2, 0) is 6.54 Å². The second-order valence-corrected chi connectivity index (χ2v) is 7.41. The predicted octanol–water partition coefficient (Wildman–Crippen LogP) is 6.47. The van der Waals surface area contributed by atoms with Gasteiger partial charge in [-0.25, -0.2) is 4.79 Å². The normalized spacial score (nSPS) is 10.4. The maximum absolute atomic E-state index is 12.1. The van der Waals surface area contributed by atoms with Crippen LogP contribution in [0, 0.1) is 0 Å². The SMILES string of the molecule is O=C(NCc1c(Cl)cccc1Sc1ccc(Cl)cc1)Nc1ccccc1. The Kier molecular flexibility index (Phi) is 6.45. The molecule has 0 bridgehead atoms. The standard InChI is InChI=1S/C20H16Cl2N2OS/c21-14-9-11-16(12-10-14)26-19-8-4-7-18(22)17(19)13-23-20(25)24-15-5-2-1-3-6-15/h1-12H,13H2,(H2,23,24,25). The van der Waals surface area contributed by atoms with E-state index < -0.39 is 0 Å². The highest BCUT2D eigenvalue weighted by atomic mass is 35.5. The van der Waals surface area contributed by atoms with E-state index in [-0.39, 0.29) is 6.03 Å². The van der Waals surface area contributed by atoms with Gasteiger partial charge in [0, 0.05) is 37.6 Å². The van der Waals surface area contributed by atoms with Gasteiger partial charge in [-0.15, -0.1) is 0 Å². The molecule has 0 fully saturated rings. The number of benzene rings is 3. The zero-order valence-electron chi connectivity index (χ0n) is 13.7. The monoisotopic (exact) mass is 402 g/mol. The lowest BCUT2D eigenvalue weighted by Gasteiger charge is -2.13. The average Bonchev–Trinajstić information content (AvgIpc) is 2.64. The molecule has 0 aliphatic carbocycles. The Morgan fingerprint density at radius 3 is 2.35 bits per heavy atom. The summed E-state index contributed by atoms with van der Waals surface area (Å²) in [6.07, 6.45) is 0. The van der Waals surface area contributed by atoms with Gasteiger partial charge in [-0.1, -0.05) is 59.2 Å². The molecular weight excluding hydrogens is 387 g/mol. The van der Waals surface area contributed by atoms with Gasteiger partial charge in [0.15, 0.2) is 0 Å². The van der Waals surface area contributed by atoms with Gasteiger partial charge < -0.3 is 10.6 Å². The molecule has 0 atom stereocenters. The summed E-state index contributed by atoms with van der Waals surface area (Å²) in [6.45, 7) is 0.328. The number of para-hydroxylation sites is 1. The Morgan fingerprint density at radius 2 is 1.62 bits per heavy atom. The first kappa shape index (κ1) is 18.6. The molecule has 0 unspecified atom stereocenters. The van der Waals surface area contributed by atoms with Crippen molar-refractivity contribution < 1.29 is 4.79 Å². The average molecular weight is 403 g/mol. The summed E-state index contributed by atoms with van der Waals surface area (Å²) in [6, 6.07) is 22.3. The summed E-state index contributed by atoms with van der Waals surface area (Å²) in [4.78, 5) is 14.2. The molecule has 132 valence electrons. The van der Waals surface area contributed by atoms with E-state index in [1.807, 2.05) is 72.8 Å². The summed E-state index contributed by atoms with van der Waals surface area (Å²) in [7, 11) is 0. The molecule has 3 nitrogen and oxygen atoms in total. The molecule has 26 heavy (non-hydrogen) atoms. The first-order valence-corrected chi connectivity index (χ1v) is 9.50. The molecule has 0 heterocycles. The number of hydrogen-bond donors (Lipinski definition) is 2. The Bertz CT molecular complexity index is 886. The lowest BCUT2D eigenvalue weighted by atomic mass is 10.2. The van der Waals surface area contributed by atoms with Crippen molar-refractivity contribution in [2.24, 2.45) is 0 Å². The largest absolute Gasteiger partial charge is 0.334 e. The van der Waals surface area contributed by atoms with Crippen molar-refractivity contribution in [1.29, 1.82) is 0 Å². The van der Waals surface area contributed by atoms with Gasteiger partial charge in [0.1, 0.15) is 0 Å². The van der Waals surface area contributed by atoms with Crippen molar-refractivity contribution in [1.82, 2.24) is 5.32 Å². The number of nitrogens with one attached hydrogen (secondary N) is 2. The smallest absolute Gasteiger partial charge is 0.319 e. The van der Waals surface area contributed by atoms with E-state index in [9.17, 15) is 4.79 Å². The maximum atomic E-state index is 12.1. The van der Waals surface area contributed by atoms with Crippen LogP contribution in [0.1, 0.15) is 5.56 Å². The number of anilines is 1. The number of rotatable bonds is 5. The van der Waals surface area contributed by atoms with Crippen LogP contribution in [0.25, 0.3) is 0 Å². The van der Waals surface area contributed by atoms with Crippen molar-refractivity contribution >= 4 is 46.7 Å². The number of amides is 2. The molecule has 3 aromatic rings. The molecule has 3 aromatic carbocycles. The molecule has 2 amide bonds. The Morgan fingerprint density at radius 1 is 0.885 bits per heavy atom. The van der Waals surface area contributed by atoms with Crippen LogP contribution in [0.2, 0.25) is 10.0 Å². The van der Waals surface area contributed by atoms with Gasteiger partial charge in [0.25, 0.3) is 0 Å². The highest BCUT2D eigenvalue weighted by Gasteiger charge is 2.10. The van der Waals surface area contributed by atoms with Crippen LogP contribution < -0.4 is 10.6 Å². The Hall–Kier alpha value is -2.14. The lowest BCUT2D eigenvalue weighted by molar-refractivity contribution is 0.251. The van der Waals surface area contributed by atoms with Gasteiger partial charge in [0.05, 0.1) is 0 Å². The van der Waals surface area contributed by atoms with E-state index in [0.29, 0.717) is 16.6 Å². The van der Waals surface area contributed by atoms with Crippen molar-refractivity contribution in [3.05, 3.63) is 88.4 Å². The van der Waals surface area contributed by atoms with E-state index in [2.05, 4.69) is 10.6 Å². The van der Waals surface area contributed by atoms with Gasteiger partial charge in [-0.05, 0) is 48.5 Å². The molecule has 0 spiro atoms. The van der Waals surface area contributed by atoms with Crippen LogP contribution in [0.5, 0.6) is 0 Å². The van der Waals surface area contributed by atoms with Gasteiger partial charge in [0.2, 0.25) is 0 Å². The molecule has 0 radical (unpaired) electrons. The van der Waals surface area contributed by atoms with Crippen LogP contribution in [0.15, 0.2) is 82.6 Å². The third-order valence-corrected chi connectivity index (χ3v) is 5.29. The maximum Gasteiger partial charge on any atom is 0.319 e. The fourth-order valence-corrected chi connectivity index (χ4v) is 3.70. The summed E-state index contributed by atoms with van der Waals surface area (Å²) >= 11 is 13.9. The van der Waals surface area contributed by atoms with Crippen molar-refractivity contribution in [2.75, 3.05) is 5.32 Å². The van der Waals surface area contributed by atoms with Crippen molar-refractivity contribution in [3.8, 4) is 0 Å². The summed E-state index contributed by atoms with van der Waals surface area (Å²) < 4.78 is 0.